The second-order valence-corrected chi connectivity index (χ2v) is 7.54. The van der Waals surface area contributed by atoms with Gasteiger partial charge in [-0.3, -0.25) is 9.36 Å². The highest BCUT2D eigenvalue weighted by Gasteiger charge is 2.16. The molecule has 0 amide bonds. The molecule has 0 fully saturated rings. The van der Waals surface area contributed by atoms with E-state index in [1.54, 1.807) is 0 Å². The Kier molecular flexibility index (Phi) is 6.46. The van der Waals surface area contributed by atoms with Crippen molar-refractivity contribution in [1.29, 1.82) is 0 Å². The Labute approximate surface area is 166 Å². The molecule has 3 aromatic rings. The van der Waals surface area contributed by atoms with Crippen LogP contribution in [0, 0.1) is 13.8 Å². The zero-order chi connectivity index (χ0) is 19.2. The average molecular weight is 402 g/mol. The van der Waals surface area contributed by atoms with Crippen LogP contribution in [-0.4, -0.2) is 43.6 Å². The predicted octanol–water partition coefficient (Wildman–Crippen LogP) is 3.23. The van der Waals surface area contributed by atoms with Gasteiger partial charge in [-0.25, -0.2) is 9.97 Å². The Balaban J connectivity index is 1.85. The van der Waals surface area contributed by atoms with E-state index in [1.165, 1.54) is 30.6 Å². The molecule has 0 atom stereocenters. The quantitative estimate of drug-likeness (QED) is 0.339. The van der Waals surface area contributed by atoms with Crippen LogP contribution >= 0.6 is 23.5 Å². The standard InChI is InChI=1S/C18H19N5O2S2/c1-12-9-13(2)20-17(19-12)26-10-15-21-22-18(27-11-16(24)25-3)23(15)14-7-5-4-6-8-14/h4-9H,10-11H2,1-3H3. The number of carbonyl (C=O) groups excluding carboxylic acids is 1. The lowest BCUT2D eigenvalue weighted by Crippen LogP contribution is -2.06. The average Bonchev–Trinajstić information content (AvgIpc) is 3.07. The molecule has 0 aliphatic heterocycles. The first-order valence-electron chi connectivity index (χ1n) is 8.21. The summed E-state index contributed by atoms with van der Waals surface area (Å²) in [7, 11) is 1.37. The number of aromatic nitrogens is 5. The van der Waals surface area contributed by atoms with Crippen LogP contribution in [0.1, 0.15) is 17.2 Å². The maximum absolute atomic E-state index is 11.5. The lowest BCUT2D eigenvalue weighted by molar-refractivity contribution is -0.137. The molecule has 2 aromatic heterocycles. The van der Waals surface area contributed by atoms with Crippen LogP contribution in [0.3, 0.4) is 0 Å². The highest BCUT2D eigenvalue weighted by Crippen LogP contribution is 2.26. The van der Waals surface area contributed by atoms with Crippen molar-refractivity contribution in [1.82, 2.24) is 24.7 Å². The summed E-state index contributed by atoms with van der Waals surface area (Å²) >= 11 is 2.80. The first-order valence-corrected chi connectivity index (χ1v) is 10.2. The minimum Gasteiger partial charge on any atom is -0.468 e. The second-order valence-electron chi connectivity index (χ2n) is 5.66. The van der Waals surface area contributed by atoms with E-state index in [4.69, 9.17) is 4.74 Å². The first kappa shape index (κ1) is 19.4. The highest BCUT2D eigenvalue weighted by molar-refractivity contribution is 7.99. The lowest BCUT2D eigenvalue weighted by Gasteiger charge is -2.10. The SMILES string of the molecule is COC(=O)CSc1nnc(CSc2nc(C)cc(C)n2)n1-c1ccccc1. The van der Waals surface area contributed by atoms with E-state index in [9.17, 15) is 4.79 Å². The van der Waals surface area contributed by atoms with Crippen molar-refractivity contribution in [2.24, 2.45) is 0 Å². The summed E-state index contributed by atoms with van der Waals surface area (Å²) in [6, 6.07) is 11.8. The van der Waals surface area contributed by atoms with Gasteiger partial charge in [0.25, 0.3) is 0 Å². The molecular formula is C18H19N5O2S2. The normalized spacial score (nSPS) is 10.8. The van der Waals surface area contributed by atoms with Crippen LogP contribution in [0.4, 0.5) is 0 Å². The molecule has 0 spiro atoms. The summed E-state index contributed by atoms with van der Waals surface area (Å²) in [4.78, 5) is 20.4. The number of methoxy groups -OCH3 is 1. The molecule has 0 aliphatic carbocycles. The van der Waals surface area contributed by atoms with Gasteiger partial charge in [-0.2, -0.15) is 0 Å². The van der Waals surface area contributed by atoms with E-state index < -0.39 is 0 Å². The largest absolute Gasteiger partial charge is 0.468 e. The fourth-order valence-corrected chi connectivity index (χ4v) is 4.06. The predicted molar refractivity (Wildman–Crippen MR) is 105 cm³/mol. The van der Waals surface area contributed by atoms with Crippen molar-refractivity contribution in [3.8, 4) is 5.69 Å². The van der Waals surface area contributed by atoms with Crippen molar-refractivity contribution in [3.05, 3.63) is 53.6 Å². The number of esters is 1. The summed E-state index contributed by atoms with van der Waals surface area (Å²) in [5.74, 6) is 1.20. The molecule has 3 rings (SSSR count). The van der Waals surface area contributed by atoms with Gasteiger partial charge < -0.3 is 4.74 Å². The number of rotatable bonds is 7. The van der Waals surface area contributed by atoms with Gasteiger partial charge in [0.1, 0.15) is 5.82 Å². The van der Waals surface area contributed by atoms with Crippen LogP contribution in [0.25, 0.3) is 5.69 Å². The van der Waals surface area contributed by atoms with Crippen LogP contribution < -0.4 is 0 Å². The maximum Gasteiger partial charge on any atom is 0.316 e. The number of aryl methyl sites for hydroxylation is 2. The molecule has 9 heteroatoms. The van der Waals surface area contributed by atoms with E-state index in [0.29, 0.717) is 16.1 Å². The smallest absolute Gasteiger partial charge is 0.316 e. The monoisotopic (exact) mass is 401 g/mol. The molecular weight excluding hydrogens is 382 g/mol. The summed E-state index contributed by atoms with van der Waals surface area (Å²) < 4.78 is 6.66. The Bertz CT molecular complexity index is 911. The van der Waals surface area contributed by atoms with E-state index in [2.05, 4.69) is 20.2 Å². The van der Waals surface area contributed by atoms with E-state index in [-0.39, 0.29) is 11.7 Å². The van der Waals surface area contributed by atoms with Crippen molar-refractivity contribution >= 4 is 29.5 Å². The zero-order valence-corrected chi connectivity index (χ0v) is 16.9. The van der Waals surface area contributed by atoms with Gasteiger partial charge in [0.05, 0.1) is 18.6 Å². The number of hydrogen-bond donors (Lipinski definition) is 0. The van der Waals surface area contributed by atoms with E-state index in [1.807, 2.05) is 54.8 Å². The summed E-state index contributed by atoms with van der Waals surface area (Å²) in [5, 5.41) is 9.93. The van der Waals surface area contributed by atoms with E-state index >= 15 is 0 Å². The van der Waals surface area contributed by atoms with E-state index in [0.717, 1.165) is 22.9 Å². The Morgan fingerprint density at radius 1 is 1.07 bits per heavy atom. The topological polar surface area (TPSA) is 82.8 Å². The van der Waals surface area contributed by atoms with Crippen molar-refractivity contribution in [3.63, 3.8) is 0 Å². The summed E-state index contributed by atoms with van der Waals surface area (Å²) in [6.45, 7) is 3.90. The highest BCUT2D eigenvalue weighted by atomic mass is 32.2. The minimum atomic E-state index is -0.304. The fraction of sp³-hybridized carbons (Fsp3) is 0.278. The second kappa shape index (κ2) is 9.01. The Hall–Kier alpha value is -2.39. The van der Waals surface area contributed by atoms with Gasteiger partial charge in [-0.05, 0) is 32.0 Å². The van der Waals surface area contributed by atoms with Crippen LogP contribution in [-0.2, 0) is 15.3 Å². The Morgan fingerprint density at radius 3 is 2.44 bits per heavy atom. The minimum absolute atomic E-state index is 0.175. The number of carbonyl (C=O) groups is 1. The molecule has 27 heavy (non-hydrogen) atoms. The number of nitrogens with zero attached hydrogens (tertiary/aromatic N) is 5. The summed E-state index contributed by atoms with van der Waals surface area (Å²) in [6.07, 6.45) is 0. The van der Waals surface area contributed by atoms with Gasteiger partial charge in [-0.1, -0.05) is 41.7 Å². The van der Waals surface area contributed by atoms with Gasteiger partial charge >= 0.3 is 5.97 Å². The molecule has 0 radical (unpaired) electrons. The molecule has 0 bridgehead atoms. The number of hydrogen-bond acceptors (Lipinski definition) is 8. The van der Waals surface area contributed by atoms with Crippen molar-refractivity contribution in [2.75, 3.05) is 12.9 Å². The fourth-order valence-electron chi connectivity index (χ4n) is 2.39. The molecule has 0 saturated heterocycles. The molecule has 0 N–H and O–H groups in total. The van der Waals surface area contributed by atoms with Gasteiger partial charge in [0.2, 0.25) is 0 Å². The number of thioether (sulfide) groups is 2. The molecule has 1 aromatic carbocycles. The molecule has 0 aliphatic rings. The number of benzene rings is 1. The van der Waals surface area contributed by atoms with Gasteiger partial charge in [-0.15, -0.1) is 10.2 Å². The molecule has 0 unspecified atom stereocenters. The maximum atomic E-state index is 11.5. The van der Waals surface area contributed by atoms with Crippen LogP contribution in [0.15, 0.2) is 46.7 Å². The molecule has 7 nitrogen and oxygen atoms in total. The number of ether oxygens (including phenoxy) is 1. The van der Waals surface area contributed by atoms with Crippen LogP contribution in [0.5, 0.6) is 0 Å². The van der Waals surface area contributed by atoms with Crippen molar-refractivity contribution in [2.45, 2.75) is 29.9 Å². The van der Waals surface area contributed by atoms with Gasteiger partial charge in [0.15, 0.2) is 10.3 Å². The third-order valence-electron chi connectivity index (χ3n) is 3.55. The van der Waals surface area contributed by atoms with Crippen molar-refractivity contribution < 1.29 is 9.53 Å². The van der Waals surface area contributed by atoms with Crippen LogP contribution in [0.2, 0.25) is 0 Å². The Morgan fingerprint density at radius 2 is 1.78 bits per heavy atom. The summed E-state index contributed by atoms with van der Waals surface area (Å²) in [5.41, 5.74) is 2.81. The first-order chi connectivity index (χ1) is 13.1. The molecule has 140 valence electrons. The van der Waals surface area contributed by atoms with Gasteiger partial charge in [0, 0.05) is 17.1 Å². The number of para-hydroxylation sites is 1. The third-order valence-corrected chi connectivity index (χ3v) is 5.30. The zero-order valence-electron chi connectivity index (χ0n) is 15.2. The lowest BCUT2D eigenvalue weighted by atomic mass is 10.3. The molecule has 0 saturated carbocycles. The third kappa shape index (κ3) is 5.08. The molecule has 2 heterocycles.